The first-order valence-corrected chi connectivity index (χ1v) is 6.09. The SMILES string of the molecule is CC1(C(=O)N(CCO)C2CC2)CCCC1. The van der Waals surface area contributed by atoms with E-state index in [1.165, 1.54) is 12.8 Å². The molecule has 0 bridgehead atoms. The lowest BCUT2D eigenvalue weighted by Crippen LogP contribution is -2.43. The largest absolute Gasteiger partial charge is 0.395 e. The first kappa shape index (κ1) is 10.9. The van der Waals surface area contributed by atoms with Crippen LogP contribution >= 0.6 is 0 Å². The van der Waals surface area contributed by atoms with E-state index in [-0.39, 0.29) is 17.9 Å². The molecule has 0 unspecified atom stereocenters. The summed E-state index contributed by atoms with van der Waals surface area (Å²) in [4.78, 5) is 14.3. The maximum absolute atomic E-state index is 12.4. The van der Waals surface area contributed by atoms with Crippen LogP contribution < -0.4 is 0 Å². The summed E-state index contributed by atoms with van der Waals surface area (Å²) in [7, 11) is 0. The molecule has 2 fully saturated rings. The van der Waals surface area contributed by atoms with E-state index >= 15 is 0 Å². The predicted octanol–water partition coefficient (Wildman–Crippen LogP) is 1.55. The summed E-state index contributed by atoms with van der Waals surface area (Å²) >= 11 is 0. The number of hydrogen-bond acceptors (Lipinski definition) is 2. The van der Waals surface area contributed by atoms with Gasteiger partial charge in [-0.2, -0.15) is 0 Å². The van der Waals surface area contributed by atoms with Crippen LogP contribution in [0.5, 0.6) is 0 Å². The molecule has 15 heavy (non-hydrogen) atoms. The van der Waals surface area contributed by atoms with Crippen molar-refractivity contribution in [1.29, 1.82) is 0 Å². The topological polar surface area (TPSA) is 40.5 Å². The molecule has 2 aliphatic rings. The number of hydrogen-bond donors (Lipinski definition) is 1. The van der Waals surface area contributed by atoms with E-state index in [9.17, 15) is 4.79 Å². The average Bonchev–Trinajstić information content (AvgIpc) is 2.97. The highest BCUT2D eigenvalue weighted by Gasteiger charge is 2.43. The Labute approximate surface area is 91.5 Å². The fourth-order valence-corrected chi connectivity index (χ4v) is 2.66. The van der Waals surface area contributed by atoms with Crippen LogP contribution in [0.4, 0.5) is 0 Å². The number of aliphatic hydroxyl groups is 1. The number of aliphatic hydroxyl groups excluding tert-OH is 1. The van der Waals surface area contributed by atoms with Gasteiger partial charge in [-0.25, -0.2) is 0 Å². The minimum absolute atomic E-state index is 0.0956. The molecule has 0 aromatic heterocycles. The maximum atomic E-state index is 12.4. The Morgan fingerprint density at radius 2 is 2.00 bits per heavy atom. The molecule has 3 nitrogen and oxygen atoms in total. The summed E-state index contributed by atoms with van der Waals surface area (Å²) in [6.07, 6.45) is 6.67. The van der Waals surface area contributed by atoms with E-state index in [1.807, 2.05) is 4.90 Å². The van der Waals surface area contributed by atoms with Gasteiger partial charge in [-0.05, 0) is 25.7 Å². The fraction of sp³-hybridized carbons (Fsp3) is 0.917. The van der Waals surface area contributed by atoms with E-state index < -0.39 is 0 Å². The Hall–Kier alpha value is -0.570. The Balaban J connectivity index is 2.02. The molecular weight excluding hydrogens is 190 g/mol. The van der Waals surface area contributed by atoms with Gasteiger partial charge in [0.1, 0.15) is 0 Å². The predicted molar refractivity (Wildman–Crippen MR) is 58.4 cm³/mol. The first-order valence-electron chi connectivity index (χ1n) is 6.09. The van der Waals surface area contributed by atoms with Gasteiger partial charge in [-0.15, -0.1) is 0 Å². The van der Waals surface area contributed by atoms with E-state index in [2.05, 4.69) is 6.92 Å². The van der Waals surface area contributed by atoms with E-state index in [1.54, 1.807) is 0 Å². The summed E-state index contributed by atoms with van der Waals surface area (Å²) in [5, 5.41) is 9.00. The average molecular weight is 211 g/mol. The van der Waals surface area contributed by atoms with Gasteiger partial charge in [0.25, 0.3) is 0 Å². The summed E-state index contributed by atoms with van der Waals surface area (Å²) in [5.41, 5.74) is -0.127. The molecule has 1 N–H and O–H groups in total. The number of carbonyl (C=O) groups is 1. The van der Waals surface area contributed by atoms with Gasteiger partial charge >= 0.3 is 0 Å². The molecule has 0 aliphatic heterocycles. The van der Waals surface area contributed by atoms with Crippen molar-refractivity contribution in [3.8, 4) is 0 Å². The second kappa shape index (κ2) is 4.12. The van der Waals surface area contributed by atoms with Gasteiger partial charge < -0.3 is 10.0 Å². The van der Waals surface area contributed by atoms with Crippen LogP contribution in [-0.2, 0) is 4.79 Å². The minimum atomic E-state index is -0.127. The zero-order valence-corrected chi connectivity index (χ0v) is 9.54. The molecule has 2 saturated carbocycles. The van der Waals surface area contributed by atoms with Gasteiger partial charge in [0.2, 0.25) is 5.91 Å². The number of rotatable bonds is 4. The van der Waals surface area contributed by atoms with Gasteiger partial charge in [0, 0.05) is 18.0 Å². The quantitative estimate of drug-likeness (QED) is 0.766. The molecule has 0 spiro atoms. The first-order chi connectivity index (χ1) is 7.17. The van der Waals surface area contributed by atoms with Crippen LogP contribution in [0.25, 0.3) is 0 Å². The number of nitrogens with zero attached hydrogens (tertiary/aromatic N) is 1. The van der Waals surface area contributed by atoms with E-state index in [0.717, 1.165) is 25.7 Å². The maximum Gasteiger partial charge on any atom is 0.228 e. The molecule has 0 saturated heterocycles. The van der Waals surface area contributed by atoms with Crippen molar-refractivity contribution in [2.45, 2.75) is 51.5 Å². The molecule has 2 aliphatic carbocycles. The molecule has 0 radical (unpaired) electrons. The second-order valence-electron chi connectivity index (χ2n) is 5.22. The van der Waals surface area contributed by atoms with Crippen LogP contribution in [0, 0.1) is 5.41 Å². The van der Waals surface area contributed by atoms with E-state index in [4.69, 9.17) is 5.11 Å². The highest BCUT2D eigenvalue weighted by Crippen LogP contribution is 2.41. The fourth-order valence-electron chi connectivity index (χ4n) is 2.66. The van der Waals surface area contributed by atoms with Gasteiger partial charge in [-0.3, -0.25) is 4.79 Å². The third-order valence-electron chi connectivity index (χ3n) is 3.81. The number of amides is 1. The second-order valence-corrected chi connectivity index (χ2v) is 5.22. The lowest BCUT2D eigenvalue weighted by atomic mass is 9.87. The monoisotopic (exact) mass is 211 g/mol. The molecule has 0 aromatic carbocycles. The lowest BCUT2D eigenvalue weighted by Gasteiger charge is -2.31. The number of carbonyl (C=O) groups excluding carboxylic acids is 1. The third kappa shape index (κ3) is 2.17. The summed E-state index contributed by atoms with van der Waals surface area (Å²) in [6.45, 7) is 2.71. The van der Waals surface area contributed by atoms with Gasteiger partial charge in [-0.1, -0.05) is 19.8 Å². The summed E-state index contributed by atoms with van der Waals surface area (Å²) < 4.78 is 0. The van der Waals surface area contributed by atoms with Crippen LogP contribution in [0.1, 0.15) is 45.4 Å². The molecule has 2 rings (SSSR count). The Bertz CT molecular complexity index is 242. The van der Waals surface area contributed by atoms with Crippen LogP contribution in [0.3, 0.4) is 0 Å². The van der Waals surface area contributed by atoms with Crippen molar-refractivity contribution in [1.82, 2.24) is 4.90 Å². The minimum Gasteiger partial charge on any atom is -0.395 e. The highest BCUT2D eigenvalue weighted by atomic mass is 16.3. The van der Waals surface area contributed by atoms with Crippen LogP contribution in [0.2, 0.25) is 0 Å². The Morgan fingerprint density at radius 1 is 1.40 bits per heavy atom. The molecule has 3 heteroatoms. The molecule has 86 valence electrons. The summed E-state index contributed by atoms with van der Waals surface area (Å²) in [5.74, 6) is 0.288. The normalized spacial score (nSPS) is 24.1. The van der Waals surface area contributed by atoms with E-state index in [0.29, 0.717) is 12.6 Å². The Morgan fingerprint density at radius 3 is 2.47 bits per heavy atom. The van der Waals surface area contributed by atoms with Crippen molar-refractivity contribution in [3.05, 3.63) is 0 Å². The lowest BCUT2D eigenvalue weighted by molar-refractivity contribution is -0.142. The molecule has 0 atom stereocenters. The van der Waals surface area contributed by atoms with Crippen LogP contribution in [-0.4, -0.2) is 35.1 Å². The van der Waals surface area contributed by atoms with Crippen LogP contribution in [0.15, 0.2) is 0 Å². The van der Waals surface area contributed by atoms with Gasteiger partial charge in [0.05, 0.1) is 6.61 Å². The smallest absolute Gasteiger partial charge is 0.228 e. The van der Waals surface area contributed by atoms with Gasteiger partial charge in [0.15, 0.2) is 0 Å². The zero-order valence-electron chi connectivity index (χ0n) is 9.54. The van der Waals surface area contributed by atoms with Crippen molar-refractivity contribution in [3.63, 3.8) is 0 Å². The third-order valence-corrected chi connectivity index (χ3v) is 3.81. The summed E-state index contributed by atoms with van der Waals surface area (Å²) in [6, 6.07) is 0.432. The van der Waals surface area contributed by atoms with Crippen molar-refractivity contribution in [2.24, 2.45) is 5.41 Å². The van der Waals surface area contributed by atoms with Crippen molar-refractivity contribution >= 4 is 5.91 Å². The standard InChI is InChI=1S/C12H21NO2/c1-12(6-2-3-7-12)11(15)13(8-9-14)10-4-5-10/h10,14H,2-9H2,1H3. The highest BCUT2D eigenvalue weighted by molar-refractivity contribution is 5.83. The zero-order chi connectivity index (χ0) is 10.9. The Kier molecular flexibility index (Phi) is 3.01. The molecule has 0 aromatic rings. The molecule has 1 amide bonds. The molecule has 0 heterocycles. The molecular formula is C12H21NO2. The van der Waals surface area contributed by atoms with Crippen molar-refractivity contribution < 1.29 is 9.90 Å². The van der Waals surface area contributed by atoms with Crippen molar-refractivity contribution in [2.75, 3.05) is 13.2 Å².